The molecular formula is C15H16O. The Morgan fingerprint density at radius 3 is 3.06 bits per heavy atom. The van der Waals surface area contributed by atoms with Crippen molar-refractivity contribution in [3.05, 3.63) is 41.5 Å². The topological polar surface area (TPSA) is 9.23 Å². The number of hydrogen-bond donors (Lipinski definition) is 0. The van der Waals surface area contributed by atoms with E-state index in [4.69, 9.17) is 4.74 Å². The minimum Gasteiger partial charge on any atom is -0.489 e. The van der Waals surface area contributed by atoms with E-state index < -0.39 is 0 Å². The summed E-state index contributed by atoms with van der Waals surface area (Å²) in [7, 11) is 0. The molecule has 1 heteroatoms. The lowest BCUT2D eigenvalue weighted by Gasteiger charge is -2.25. The van der Waals surface area contributed by atoms with Crippen LogP contribution in [-0.2, 0) is 0 Å². The van der Waals surface area contributed by atoms with Gasteiger partial charge in [0.05, 0.1) is 0 Å². The minimum absolute atomic E-state index is 0.447. The second-order valence-electron chi connectivity index (χ2n) is 5.32. The third-order valence-corrected chi connectivity index (χ3v) is 4.70. The highest BCUT2D eigenvalue weighted by Gasteiger charge is 2.55. The molecule has 1 nitrogen and oxygen atoms in total. The first-order valence-corrected chi connectivity index (χ1v) is 6.29. The van der Waals surface area contributed by atoms with E-state index in [-0.39, 0.29) is 0 Å². The van der Waals surface area contributed by atoms with Crippen molar-refractivity contribution >= 4 is 0 Å². The molecule has 0 saturated heterocycles. The molecule has 0 spiro atoms. The average molecular weight is 212 g/mol. The molecule has 3 aliphatic rings. The van der Waals surface area contributed by atoms with Crippen LogP contribution in [0.5, 0.6) is 5.75 Å². The van der Waals surface area contributed by atoms with Crippen LogP contribution in [-0.4, -0.2) is 6.10 Å². The molecule has 1 heterocycles. The first kappa shape index (κ1) is 8.86. The maximum atomic E-state index is 6.16. The average Bonchev–Trinajstić information content (AvgIpc) is 2.97. The molecule has 2 aliphatic carbocycles. The second kappa shape index (κ2) is 2.91. The van der Waals surface area contributed by atoms with Crippen LogP contribution in [0.4, 0.5) is 0 Å². The maximum Gasteiger partial charge on any atom is 0.123 e. The van der Waals surface area contributed by atoms with Gasteiger partial charge < -0.3 is 4.74 Å². The highest BCUT2D eigenvalue weighted by Crippen LogP contribution is 2.60. The predicted octanol–water partition coefficient (Wildman–Crippen LogP) is 3.52. The lowest BCUT2D eigenvalue weighted by molar-refractivity contribution is 0.172. The fraction of sp³-hybridized carbons (Fsp3) is 0.467. The molecule has 4 rings (SSSR count). The summed E-state index contributed by atoms with van der Waals surface area (Å²) in [5.41, 5.74) is 3.11. The van der Waals surface area contributed by atoms with Gasteiger partial charge in [-0.1, -0.05) is 29.8 Å². The molecule has 2 bridgehead atoms. The molecule has 4 atom stereocenters. The number of benzene rings is 1. The van der Waals surface area contributed by atoms with Crippen molar-refractivity contribution in [3.63, 3.8) is 0 Å². The molecular weight excluding hydrogens is 196 g/mol. The molecule has 16 heavy (non-hydrogen) atoms. The fourth-order valence-electron chi connectivity index (χ4n) is 4.08. The summed E-state index contributed by atoms with van der Waals surface area (Å²) in [6.07, 6.45) is 5.42. The van der Waals surface area contributed by atoms with Gasteiger partial charge in [0.1, 0.15) is 11.9 Å². The van der Waals surface area contributed by atoms with Crippen LogP contribution < -0.4 is 4.74 Å². The van der Waals surface area contributed by atoms with Gasteiger partial charge in [0, 0.05) is 17.4 Å². The second-order valence-corrected chi connectivity index (χ2v) is 5.32. The first-order valence-electron chi connectivity index (χ1n) is 6.29. The van der Waals surface area contributed by atoms with E-state index in [1.165, 1.54) is 18.4 Å². The normalized spacial score (nSPS) is 40.9. The minimum atomic E-state index is 0.447. The number of para-hydroxylation sites is 1. The van der Waals surface area contributed by atoms with E-state index in [1.807, 2.05) is 0 Å². The lowest BCUT2D eigenvalue weighted by atomic mass is 9.80. The Labute approximate surface area is 96.1 Å². The van der Waals surface area contributed by atoms with Gasteiger partial charge in [-0.25, -0.2) is 0 Å². The summed E-state index contributed by atoms with van der Waals surface area (Å²) < 4.78 is 6.16. The maximum absolute atomic E-state index is 6.16. The van der Waals surface area contributed by atoms with Crippen molar-refractivity contribution in [2.75, 3.05) is 0 Å². The third kappa shape index (κ3) is 0.922. The Morgan fingerprint density at radius 1 is 1.31 bits per heavy atom. The van der Waals surface area contributed by atoms with Gasteiger partial charge in [-0.2, -0.15) is 0 Å². The highest BCUT2D eigenvalue weighted by molar-refractivity contribution is 5.45. The van der Waals surface area contributed by atoms with Crippen LogP contribution in [0.15, 0.2) is 35.9 Å². The number of allylic oxidation sites excluding steroid dienone is 1. The van der Waals surface area contributed by atoms with Crippen molar-refractivity contribution in [1.29, 1.82) is 0 Å². The Balaban J connectivity index is 1.80. The number of ether oxygens (including phenoxy) is 1. The Kier molecular flexibility index (Phi) is 1.61. The number of rotatable bonds is 0. The summed E-state index contributed by atoms with van der Waals surface area (Å²) in [5, 5.41) is 0. The van der Waals surface area contributed by atoms with Gasteiger partial charge in [0.2, 0.25) is 0 Å². The standard InChI is InChI=1S/C15H16O/c1-2-9-7-10-8-12(9)15-14(10)11-5-3-4-6-13(11)16-15/h2-6,10,12,14-15H,7-8H2,1H3. The van der Waals surface area contributed by atoms with Crippen molar-refractivity contribution < 1.29 is 4.74 Å². The summed E-state index contributed by atoms with van der Waals surface area (Å²) in [6, 6.07) is 8.62. The zero-order valence-corrected chi connectivity index (χ0v) is 9.52. The third-order valence-electron chi connectivity index (χ3n) is 4.70. The molecule has 0 aromatic heterocycles. The summed E-state index contributed by atoms with van der Waals surface area (Å²) in [6.45, 7) is 2.17. The quantitative estimate of drug-likeness (QED) is 0.598. The van der Waals surface area contributed by atoms with Crippen molar-refractivity contribution in [2.45, 2.75) is 31.8 Å². The molecule has 1 aromatic carbocycles. The summed E-state index contributed by atoms with van der Waals surface area (Å²) in [4.78, 5) is 0. The largest absolute Gasteiger partial charge is 0.489 e. The molecule has 0 radical (unpaired) electrons. The number of hydrogen-bond acceptors (Lipinski definition) is 1. The van der Waals surface area contributed by atoms with E-state index in [2.05, 4.69) is 37.3 Å². The van der Waals surface area contributed by atoms with E-state index in [1.54, 1.807) is 5.57 Å². The van der Waals surface area contributed by atoms with Gasteiger partial charge in [-0.3, -0.25) is 0 Å². The van der Waals surface area contributed by atoms with Gasteiger partial charge in [-0.05, 0) is 31.7 Å². The molecule has 0 N–H and O–H groups in total. The van der Waals surface area contributed by atoms with Crippen LogP contribution in [0.25, 0.3) is 0 Å². The van der Waals surface area contributed by atoms with Gasteiger partial charge >= 0.3 is 0 Å². The first-order chi connectivity index (χ1) is 7.88. The summed E-state index contributed by atoms with van der Waals surface area (Å²) >= 11 is 0. The van der Waals surface area contributed by atoms with E-state index in [0.29, 0.717) is 17.9 Å². The molecule has 82 valence electrons. The van der Waals surface area contributed by atoms with Crippen LogP contribution in [0.1, 0.15) is 31.2 Å². The SMILES string of the molecule is CC=C1CC2CC1C1Oc3ccccc3C21. The molecule has 4 unspecified atom stereocenters. The Bertz CT molecular complexity index is 474. The molecule has 2 saturated carbocycles. The van der Waals surface area contributed by atoms with E-state index in [0.717, 1.165) is 11.7 Å². The predicted molar refractivity (Wildman–Crippen MR) is 63.6 cm³/mol. The van der Waals surface area contributed by atoms with E-state index in [9.17, 15) is 0 Å². The zero-order chi connectivity index (χ0) is 10.7. The van der Waals surface area contributed by atoms with E-state index >= 15 is 0 Å². The van der Waals surface area contributed by atoms with Crippen molar-refractivity contribution in [2.24, 2.45) is 11.8 Å². The smallest absolute Gasteiger partial charge is 0.123 e. The fourth-order valence-corrected chi connectivity index (χ4v) is 4.08. The van der Waals surface area contributed by atoms with Crippen LogP contribution in [0.2, 0.25) is 0 Å². The van der Waals surface area contributed by atoms with Crippen LogP contribution in [0, 0.1) is 11.8 Å². The van der Waals surface area contributed by atoms with Crippen molar-refractivity contribution in [1.82, 2.24) is 0 Å². The molecule has 2 fully saturated rings. The molecule has 0 amide bonds. The van der Waals surface area contributed by atoms with Gasteiger partial charge in [0.15, 0.2) is 0 Å². The number of fused-ring (bicyclic) bond motifs is 7. The lowest BCUT2D eigenvalue weighted by Crippen LogP contribution is -2.27. The highest BCUT2D eigenvalue weighted by atomic mass is 16.5. The summed E-state index contributed by atoms with van der Waals surface area (Å²) in [5.74, 6) is 3.37. The monoisotopic (exact) mass is 212 g/mol. The molecule has 1 aliphatic heterocycles. The Morgan fingerprint density at radius 2 is 2.19 bits per heavy atom. The Hall–Kier alpha value is -1.24. The van der Waals surface area contributed by atoms with Crippen LogP contribution in [0.3, 0.4) is 0 Å². The van der Waals surface area contributed by atoms with Gasteiger partial charge in [0.25, 0.3) is 0 Å². The van der Waals surface area contributed by atoms with Gasteiger partial charge in [-0.15, -0.1) is 0 Å². The molecule has 1 aromatic rings. The van der Waals surface area contributed by atoms with Crippen molar-refractivity contribution in [3.8, 4) is 5.75 Å². The van der Waals surface area contributed by atoms with Crippen LogP contribution >= 0.6 is 0 Å². The zero-order valence-electron chi connectivity index (χ0n) is 9.52.